The van der Waals surface area contributed by atoms with Crippen LogP contribution in [-0.2, 0) is 11.2 Å². The van der Waals surface area contributed by atoms with Gasteiger partial charge in [0, 0.05) is 31.1 Å². The molecule has 0 aromatic heterocycles. The maximum Gasteiger partial charge on any atom is 0.136 e. The van der Waals surface area contributed by atoms with Gasteiger partial charge in [0.25, 0.3) is 0 Å². The molecule has 0 bridgehead atoms. The smallest absolute Gasteiger partial charge is 0.136 e. The molecule has 1 aliphatic rings. The van der Waals surface area contributed by atoms with Gasteiger partial charge in [-0.15, -0.1) is 0 Å². The summed E-state index contributed by atoms with van der Waals surface area (Å²) in [5, 5.41) is 0. The maximum absolute atomic E-state index is 13.5. The Kier molecular flexibility index (Phi) is 4.00. The van der Waals surface area contributed by atoms with Crippen LogP contribution in [-0.4, -0.2) is 18.4 Å². The number of halogens is 1. The number of piperidine rings is 1. The van der Waals surface area contributed by atoms with Gasteiger partial charge in [-0.25, -0.2) is 4.39 Å². The van der Waals surface area contributed by atoms with E-state index in [1.807, 2.05) is 24.3 Å². The van der Waals surface area contributed by atoms with E-state index in [1.54, 1.807) is 12.1 Å². The van der Waals surface area contributed by atoms with Gasteiger partial charge in [0.15, 0.2) is 0 Å². The molecule has 1 unspecified atom stereocenters. The molecule has 0 radical (unpaired) electrons. The van der Waals surface area contributed by atoms with Crippen molar-refractivity contribution in [1.29, 1.82) is 0 Å². The lowest BCUT2D eigenvalue weighted by atomic mass is 9.94. The van der Waals surface area contributed by atoms with Crippen LogP contribution in [0.15, 0.2) is 54.6 Å². The number of anilines is 1. The fraction of sp³-hybridized carbons (Fsp3) is 0.278. The van der Waals surface area contributed by atoms with E-state index in [0.717, 1.165) is 12.1 Å². The van der Waals surface area contributed by atoms with Gasteiger partial charge in [-0.3, -0.25) is 4.79 Å². The summed E-state index contributed by atoms with van der Waals surface area (Å²) >= 11 is 0. The van der Waals surface area contributed by atoms with Crippen molar-refractivity contribution >= 4 is 11.5 Å². The predicted octanol–water partition coefficient (Wildman–Crippen LogP) is 3.61. The van der Waals surface area contributed by atoms with Gasteiger partial charge in [0.2, 0.25) is 0 Å². The van der Waals surface area contributed by atoms with Gasteiger partial charge in [0.1, 0.15) is 11.6 Å². The predicted molar refractivity (Wildman–Crippen MR) is 81.9 cm³/mol. The zero-order valence-electron chi connectivity index (χ0n) is 11.8. The lowest BCUT2D eigenvalue weighted by Crippen LogP contribution is -2.44. The third-order valence-electron chi connectivity index (χ3n) is 3.99. The molecule has 1 aliphatic heterocycles. The minimum atomic E-state index is -0.233. The number of carbonyl (C=O) groups is 1. The van der Waals surface area contributed by atoms with Gasteiger partial charge in [-0.2, -0.15) is 0 Å². The molecule has 0 amide bonds. The van der Waals surface area contributed by atoms with E-state index >= 15 is 0 Å². The Morgan fingerprint density at radius 3 is 2.67 bits per heavy atom. The molecular weight excluding hydrogens is 265 g/mol. The summed E-state index contributed by atoms with van der Waals surface area (Å²) in [5.74, 6) is 0.0615. The van der Waals surface area contributed by atoms with E-state index in [1.165, 1.54) is 11.6 Å². The largest absolute Gasteiger partial charge is 0.367 e. The SMILES string of the molecule is O=C1CCN(c2cccc(F)c2)C(Cc2ccccc2)C1. The first kappa shape index (κ1) is 13.8. The highest BCUT2D eigenvalue weighted by Gasteiger charge is 2.27. The molecule has 0 saturated carbocycles. The Morgan fingerprint density at radius 2 is 1.90 bits per heavy atom. The third kappa shape index (κ3) is 3.30. The second kappa shape index (κ2) is 6.08. The Labute approximate surface area is 124 Å². The Morgan fingerprint density at radius 1 is 1.10 bits per heavy atom. The van der Waals surface area contributed by atoms with Gasteiger partial charge < -0.3 is 4.90 Å². The van der Waals surface area contributed by atoms with Crippen molar-refractivity contribution in [1.82, 2.24) is 0 Å². The summed E-state index contributed by atoms with van der Waals surface area (Å²) in [7, 11) is 0. The van der Waals surface area contributed by atoms with Crippen LogP contribution in [0.1, 0.15) is 18.4 Å². The molecule has 2 aromatic carbocycles. The van der Waals surface area contributed by atoms with E-state index in [-0.39, 0.29) is 11.9 Å². The van der Waals surface area contributed by atoms with Crippen LogP contribution in [0.25, 0.3) is 0 Å². The standard InChI is InChI=1S/C18H18FNO/c19-15-7-4-8-16(12-15)20-10-9-18(21)13-17(20)11-14-5-2-1-3-6-14/h1-8,12,17H,9-11,13H2. The number of benzene rings is 2. The molecular formula is C18H18FNO. The number of ketones is 1. The summed E-state index contributed by atoms with van der Waals surface area (Å²) in [6, 6.07) is 16.9. The third-order valence-corrected chi connectivity index (χ3v) is 3.99. The van der Waals surface area contributed by atoms with Crippen molar-refractivity contribution in [2.75, 3.05) is 11.4 Å². The Balaban J connectivity index is 1.84. The second-order valence-electron chi connectivity index (χ2n) is 5.51. The average Bonchev–Trinajstić information content (AvgIpc) is 2.48. The van der Waals surface area contributed by atoms with Gasteiger partial charge >= 0.3 is 0 Å². The molecule has 2 aromatic rings. The second-order valence-corrected chi connectivity index (χ2v) is 5.51. The molecule has 1 atom stereocenters. The molecule has 3 rings (SSSR count). The van der Waals surface area contributed by atoms with Crippen LogP contribution in [0, 0.1) is 5.82 Å². The molecule has 2 nitrogen and oxygen atoms in total. The van der Waals surface area contributed by atoms with E-state index in [9.17, 15) is 9.18 Å². The highest BCUT2D eigenvalue weighted by atomic mass is 19.1. The van der Waals surface area contributed by atoms with Crippen molar-refractivity contribution in [3.05, 3.63) is 66.0 Å². The molecule has 0 spiro atoms. The summed E-state index contributed by atoms with van der Waals surface area (Å²) in [6.45, 7) is 0.666. The van der Waals surface area contributed by atoms with E-state index < -0.39 is 0 Å². The summed E-state index contributed by atoms with van der Waals surface area (Å²) in [6.07, 6.45) is 1.89. The van der Waals surface area contributed by atoms with Crippen molar-refractivity contribution < 1.29 is 9.18 Å². The number of nitrogens with zero attached hydrogens (tertiary/aromatic N) is 1. The lowest BCUT2D eigenvalue weighted by molar-refractivity contribution is -0.120. The number of Topliss-reactive ketones (excluding diaryl/α,β-unsaturated/α-hetero) is 1. The number of rotatable bonds is 3. The lowest BCUT2D eigenvalue weighted by Gasteiger charge is -2.37. The van der Waals surface area contributed by atoms with Gasteiger partial charge in [-0.1, -0.05) is 36.4 Å². The molecule has 0 N–H and O–H groups in total. The van der Waals surface area contributed by atoms with Crippen molar-refractivity contribution in [3.8, 4) is 0 Å². The zero-order valence-corrected chi connectivity index (χ0v) is 11.8. The molecule has 1 saturated heterocycles. The molecule has 0 aliphatic carbocycles. The highest BCUT2D eigenvalue weighted by molar-refractivity contribution is 5.81. The molecule has 1 heterocycles. The Bertz CT molecular complexity index is 626. The fourth-order valence-electron chi connectivity index (χ4n) is 2.97. The van der Waals surface area contributed by atoms with Crippen molar-refractivity contribution in [3.63, 3.8) is 0 Å². The first-order chi connectivity index (χ1) is 10.2. The van der Waals surface area contributed by atoms with Crippen LogP contribution in [0.5, 0.6) is 0 Å². The summed E-state index contributed by atoms with van der Waals surface area (Å²) in [4.78, 5) is 14.0. The first-order valence-electron chi connectivity index (χ1n) is 7.30. The van der Waals surface area contributed by atoms with E-state index in [2.05, 4.69) is 17.0 Å². The van der Waals surface area contributed by atoms with Gasteiger partial charge in [0.05, 0.1) is 0 Å². The minimum absolute atomic E-state index is 0.107. The minimum Gasteiger partial charge on any atom is -0.367 e. The van der Waals surface area contributed by atoms with Crippen molar-refractivity contribution in [2.24, 2.45) is 0 Å². The molecule has 1 fully saturated rings. The summed E-state index contributed by atoms with van der Waals surface area (Å²) in [5.41, 5.74) is 2.07. The van der Waals surface area contributed by atoms with E-state index in [4.69, 9.17) is 0 Å². The van der Waals surface area contributed by atoms with Crippen LogP contribution in [0.2, 0.25) is 0 Å². The fourth-order valence-corrected chi connectivity index (χ4v) is 2.97. The van der Waals surface area contributed by atoms with Crippen molar-refractivity contribution in [2.45, 2.75) is 25.3 Å². The quantitative estimate of drug-likeness (QED) is 0.857. The maximum atomic E-state index is 13.5. The monoisotopic (exact) mass is 283 g/mol. The normalized spacial score (nSPS) is 18.8. The molecule has 21 heavy (non-hydrogen) atoms. The van der Waals surface area contributed by atoms with Crippen LogP contribution < -0.4 is 4.90 Å². The number of hydrogen-bond donors (Lipinski definition) is 0. The van der Waals surface area contributed by atoms with E-state index in [0.29, 0.717) is 25.2 Å². The van der Waals surface area contributed by atoms with Crippen LogP contribution >= 0.6 is 0 Å². The molecule has 3 heteroatoms. The first-order valence-corrected chi connectivity index (χ1v) is 7.30. The zero-order chi connectivity index (χ0) is 14.7. The van der Waals surface area contributed by atoms with Gasteiger partial charge in [-0.05, 0) is 30.2 Å². The topological polar surface area (TPSA) is 20.3 Å². The van der Waals surface area contributed by atoms with Crippen LogP contribution in [0.3, 0.4) is 0 Å². The average molecular weight is 283 g/mol. The number of carbonyl (C=O) groups excluding carboxylic acids is 1. The Hall–Kier alpha value is -2.16. The van der Waals surface area contributed by atoms with Crippen LogP contribution in [0.4, 0.5) is 10.1 Å². The summed E-state index contributed by atoms with van der Waals surface area (Å²) < 4.78 is 13.5. The highest BCUT2D eigenvalue weighted by Crippen LogP contribution is 2.26. The number of hydrogen-bond acceptors (Lipinski definition) is 2. The molecule has 108 valence electrons.